The summed E-state index contributed by atoms with van der Waals surface area (Å²) < 4.78 is 21.4. The van der Waals surface area contributed by atoms with Crippen LogP contribution in [0.3, 0.4) is 0 Å². The van der Waals surface area contributed by atoms with Gasteiger partial charge in [0, 0.05) is 46.2 Å². The molecule has 3 aromatic carbocycles. The van der Waals surface area contributed by atoms with Crippen LogP contribution < -0.4 is 4.74 Å². The van der Waals surface area contributed by atoms with E-state index in [1.807, 2.05) is 40.7 Å². The maximum Gasteiger partial charge on any atom is 0.348 e. The summed E-state index contributed by atoms with van der Waals surface area (Å²) in [6, 6.07) is 14.6. The summed E-state index contributed by atoms with van der Waals surface area (Å²) in [5, 5.41) is 11.1. The van der Waals surface area contributed by atoms with E-state index >= 15 is 0 Å². The van der Waals surface area contributed by atoms with Crippen LogP contribution in [0.2, 0.25) is 10.0 Å². The zero-order valence-corrected chi connectivity index (χ0v) is 31.2. The first-order valence-electron chi connectivity index (χ1n) is 17.5. The van der Waals surface area contributed by atoms with Crippen molar-refractivity contribution < 1.29 is 33.4 Å². The summed E-state index contributed by atoms with van der Waals surface area (Å²) in [5.74, 6) is -5.84. The highest BCUT2D eigenvalue weighted by atomic mass is 35.5. The van der Waals surface area contributed by atoms with Gasteiger partial charge in [0.2, 0.25) is 5.60 Å². The summed E-state index contributed by atoms with van der Waals surface area (Å²) in [6.45, 7) is 10.8. The molecule has 0 saturated heterocycles. The highest BCUT2D eigenvalue weighted by Crippen LogP contribution is 2.46. The van der Waals surface area contributed by atoms with Crippen LogP contribution in [0.25, 0.3) is 0 Å². The first-order chi connectivity index (χ1) is 23.7. The van der Waals surface area contributed by atoms with Gasteiger partial charge >= 0.3 is 5.97 Å². The molecule has 9 heteroatoms. The number of carbonyl (C=O) groups is 4. The summed E-state index contributed by atoms with van der Waals surface area (Å²) >= 11 is 13.1. The first kappa shape index (κ1) is 39.2. The molecule has 268 valence electrons. The molecule has 1 N–H and O–H groups in total. The Morgan fingerprint density at radius 1 is 0.860 bits per heavy atom. The number of carboxylic acid groups (broad SMARTS) is 1. The van der Waals surface area contributed by atoms with Crippen molar-refractivity contribution in [1.29, 1.82) is 0 Å². The van der Waals surface area contributed by atoms with Crippen LogP contribution in [-0.2, 0) is 19.2 Å². The fourth-order valence-electron chi connectivity index (χ4n) is 7.81. The van der Waals surface area contributed by atoms with Gasteiger partial charge in [0.15, 0.2) is 0 Å². The predicted octanol–water partition coefficient (Wildman–Crippen LogP) is 10.4. The van der Waals surface area contributed by atoms with Crippen molar-refractivity contribution in [2.45, 2.75) is 110 Å². The molecule has 0 amide bonds. The van der Waals surface area contributed by atoms with E-state index in [0.29, 0.717) is 35.4 Å². The van der Waals surface area contributed by atoms with Crippen molar-refractivity contribution in [3.05, 3.63) is 98.3 Å². The van der Waals surface area contributed by atoms with Crippen molar-refractivity contribution in [3.8, 4) is 5.75 Å². The van der Waals surface area contributed by atoms with E-state index in [0.717, 1.165) is 16.7 Å². The maximum atomic E-state index is 15.0. The van der Waals surface area contributed by atoms with Crippen molar-refractivity contribution in [2.75, 3.05) is 0 Å². The smallest absolute Gasteiger partial charge is 0.348 e. The van der Waals surface area contributed by atoms with Gasteiger partial charge in [-0.05, 0) is 104 Å². The van der Waals surface area contributed by atoms with Gasteiger partial charge < -0.3 is 9.84 Å². The van der Waals surface area contributed by atoms with E-state index in [1.165, 1.54) is 19.1 Å². The molecule has 5 atom stereocenters. The highest BCUT2D eigenvalue weighted by Gasteiger charge is 2.43. The lowest BCUT2D eigenvalue weighted by Gasteiger charge is -2.32. The monoisotopic (exact) mass is 724 g/mol. The predicted molar refractivity (Wildman–Crippen MR) is 195 cm³/mol. The van der Waals surface area contributed by atoms with E-state index in [4.69, 9.17) is 27.9 Å². The molecule has 50 heavy (non-hydrogen) atoms. The number of Topliss-reactive ketones (excluding diaryl/α,β-unsaturated/α-hetero) is 3. The summed E-state index contributed by atoms with van der Waals surface area (Å²) in [4.78, 5) is 55.5. The zero-order chi connectivity index (χ0) is 36.9. The number of carbonyl (C=O) groups excluding carboxylic acids is 3. The van der Waals surface area contributed by atoms with Crippen LogP contribution >= 0.6 is 23.2 Å². The molecule has 0 bridgehead atoms. The molecule has 5 unspecified atom stereocenters. The highest BCUT2D eigenvalue weighted by molar-refractivity contribution is 6.31. The molecule has 0 heterocycles. The fraction of sp³-hybridized carbons (Fsp3) is 0.463. The van der Waals surface area contributed by atoms with E-state index in [-0.39, 0.29) is 53.8 Å². The molecule has 6 nitrogen and oxygen atoms in total. The first-order valence-corrected chi connectivity index (χ1v) is 18.3. The van der Waals surface area contributed by atoms with Gasteiger partial charge in [-0.1, -0.05) is 75.9 Å². The standard InChI is InChI=1S/C41H47Cl2FO6/c1-7-16-41(17-8-2,40(48)49)50-38-15-12-27(43)19-35(38)34-22-36(46)29(9-3)39(31-20-28(44)13-10-23(31)4)30-14-11-26(42)18-33(30)24(5)32(25(6)45)21-37(34)47/h10-15,18-20,24,29,32,34,39H,7-9,16-17,21-22H2,1-6H3,(H,48,49). The topological polar surface area (TPSA) is 97.7 Å². The van der Waals surface area contributed by atoms with Crippen LogP contribution in [0.15, 0.2) is 54.6 Å². The number of rotatable bonds is 11. The Bertz CT molecular complexity index is 1750. The summed E-state index contributed by atoms with van der Waals surface area (Å²) in [5.41, 5.74) is 1.65. The number of hydrogen-bond donors (Lipinski definition) is 1. The van der Waals surface area contributed by atoms with Crippen molar-refractivity contribution in [2.24, 2.45) is 11.8 Å². The number of carboxylic acids is 1. The number of ether oxygens (including phenoxy) is 1. The minimum absolute atomic E-state index is 0.160. The summed E-state index contributed by atoms with van der Waals surface area (Å²) in [7, 11) is 0. The third-order valence-corrected chi connectivity index (χ3v) is 10.9. The second kappa shape index (κ2) is 16.6. The number of hydrogen-bond acceptors (Lipinski definition) is 5. The third-order valence-electron chi connectivity index (χ3n) is 10.4. The van der Waals surface area contributed by atoms with Gasteiger partial charge in [-0.3, -0.25) is 14.4 Å². The molecule has 4 rings (SSSR count). The van der Waals surface area contributed by atoms with E-state index in [9.17, 15) is 28.7 Å². The van der Waals surface area contributed by atoms with Crippen LogP contribution in [0.4, 0.5) is 4.39 Å². The Morgan fingerprint density at radius 2 is 1.48 bits per heavy atom. The minimum Gasteiger partial charge on any atom is -0.478 e. The molecule has 1 aliphatic carbocycles. The number of halogens is 3. The van der Waals surface area contributed by atoms with Gasteiger partial charge in [0.25, 0.3) is 0 Å². The Balaban J connectivity index is 2.00. The largest absolute Gasteiger partial charge is 0.478 e. The van der Waals surface area contributed by atoms with Gasteiger partial charge in [-0.2, -0.15) is 0 Å². The van der Waals surface area contributed by atoms with Crippen molar-refractivity contribution >= 4 is 46.5 Å². The molecule has 0 spiro atoms. The lowest BCUT2D eigenvalue weighted by atomic mass is 9.71. The van der Waals surface area contributed by atoms with E-state index in [1.54, 1.807) is 36.4 Å². The second-order valence-corrected chi connectivity index (χ2v) is 14.6. The Morgan fingerprint density at radius 3 is 2.06 bits per heavy atom. The Kier molecular flexibility index (Phi) is 13.1. The molecule has 3 aromatic rings. The molecule has 0 saturated carbocycles. The van der Waals surface area contributed by atoms with Crippen LogP contribution in [0.1, 0.15) is 125 Å². The molecular formula is C41H47Cl2FO6. The van der Waals surface area contributed by atoms with Crippen molar-refractivity contribution in [3.63, 3.8) is 0 Å². The molecule has 0 fully saturated rings. The summed E-state index contributed by atoms with van der Waals surface area (Å²) in [6.07, 6.45) is 1.49. The van der Waals surface area contributed by atoms with Gasteiger partial charge in [-0.25, -0.2) is 9.18 Å². The molecular weight excluding hydrogens is 678 g/mol. The number of fused-ring (bicyclic) bond motifs is 1. The minimum atomic E-state index is -1.56. The van der Waals surface area contributed by atoms with Crippen LogP contribution in [-0.4, -0.2) is 34.0 Å². The average molecular weight is 726 g/mol. The molecule has 0 aromatic heterocycles. The maximum absolute atomic E-state index is 15.0. The Labute approximate surface area is 304 Å². The number of aliphatic carboxylic acids is 1. The SMILES string of the molecule is CCCC(CCC)(Oc1ccc(Cl)cc1C1CC(=O)C(CC)C(c2cc(F)ccc2C)c2ccc(Cl)cc2C(C)C(C(C)=O)CC1=O)C(=O)O. The fourth-order valence-corrected chi connectivity index (χ4v) is 8.17. The number of ketones is 3. The van der Waals surface area contributed by atoms with Crippen LogP contribution in [0, 0.1) is 24.6 Å². The lowest BCUT2D eigenvalue weighted by molar-refractivity contribution is -0.157. The third kappa shape index (κ3) is 8.32. The zero-order valence-electron chi connectivity index (χ0n) is 29.7. The van der Waals surface area contributed by atoms with Gasteiger partial charge in [-0.15, -0.1) is 0 Å². The van der Waals surface area contributed by atoms with E-state index in [2.05, 4.69) is 0 Å². The molecule has 0 aliphatic heterocycles. The normalized spacial score (nSPS) is 21.7. The lowest BCUT2D eigenvalue weighted by Crippen LogP contribution is -2.44. The molecule has 1 aliphatic rings. The average Bonchev–Trinajstić information content (AvgIpc) is 3.07. The van der Waals surface area contributed by atoms with Crippen LogP contribution in [0.5, 0.6) is 5.75 Å². The van der Waals surface area contributed by atoms with E-state index < -0.39 is 47.0 Å². The molecule has 0 radical (unpaired) electrons. The number of aryl methyl sites for hydroxylation is 1. The second-order valence-electron chi connectivity index (χ2n) is 13.7. The van der Waals surface area contributed by atoms with Gasteiger partial charge in [0.05, 0.1) is 5.92 Å². The number of benzene rings is 3. The Hall–Kier alpha value is -3.55. The van der Waals surface area contributed by atoms with Gasteiger partial charge in [0.1, 0.15) is 28.9 Å². The quantitative estimate of drug-likeness (QED) is 0.211. The van der Waals surface area contributed by atoms with Crippen molar-refractivity contribution in [1.82, 2.24) is 0 Å².